The van der Waals surface area contributed by atoms with Crippen LogP contribution >= 0.6 is 0 Å². The van der Waals surface area contributed by atoms with Crippen LogP contribution in [0.25, 0.3) is 43.1 Å². The number of anilines is 5. The summed E-state index contributed by atoms with van der Waals surface area (Å²) in [7, 11) is 0. The van der Waals surface area contributed by atoms with Gasteiger partial charge in [-0.25, -0.2) is 0 Å². The molecule has 402 valence electrons. The Labute approximate surface area is 485 Å². The van der Waals surface area contributed by atoms with Gasteiger partial charge in [-0.15, -0.1) is 0 Å². The van der Waals surface area contributed by atoms with Crippen LogP contribution in [0, 0.1) is 0 Å². The third-order valence-electron chi connectivity index (χ3n) is 17.9. The molecule has 0 aliphatic heterocycles. The molecule has 0 atom stereocenters. The lowest BCUT2D eigenvalue weighted by atomic mass is 9.78. The summed E-state index contributed by atoms with van der Waals surface area (Å²) in [5.74, 6) is 0. The second kappa shape index (κ2) is 21.7. The zero-order chi connectivity index (χ0) is 56.6. The van der Waals surface area contributed by atoms with E-state index in [-0.39, 0.29) is 21.7 Å². The first-order chi connectivity index (χ1) is 39.7. The molecule has 13 aromatic carbocycles. The van der Waals surface area contributed by atoms with Crippen molar-refractivity contribution in [1.29, 1.82) is 0 Å². The number of hydrogen-bond acceptors (Lipinski definition) is 2. The Morgan fingerprint density at radius 3 is 0.878 bits per heavy atom. The number of hydrogen-bond donors (Lipinski definition) is 1. The Kier molecular flexibility index (Phi) is 14.1. The summed E-state index contributed by atoms with van der Waals surface area (Å²) in [6.45, 7) is 18.4. The molecule has 0 aliphatic carbocycles. The Morgan fingerprint density at radius 1 is 0.232 bits per heavy atom. The smallest absolute Gasteiger partial charge is 0.0540 e. The van der Waals surface area contributed by atoms with Gasteiger partial charge in [-0.2, -0.15) is 0 Å². The average Bonchev–Trinajstić information content (AvgIpc) is 3.36. The first-order valence-corrected chi connectivity index (χ1v) is 29.0. The normalized spacial score (nSPS) is 12.1. The van der Waals surface area contributed by atoms with Crippen LogP contribution in [0.2, 0.25) is 0 Å². The van der Waals surface area contributed by atoms with Gasteiger partial charge in [0.1, 0.15) is 0 Å². The topological polar surface area (TPSA) is 15.3 Å². The van der Waals surface area contributed by atoms with Gasteiger partial charge in [0.15, 0.2) is 0 Å². The Bertz CT molecular complexity index is 4120. The van der Waals surface area contributed by atoms with E-state index in [1.165, 1.54) is 87.6 Å². The van der Waals surface area contributed by atoms with E-state index in [2.05, 4.69) is 351 Å². The van der Waals surface area contributed by atoms with Crippen molar-refractivity contribution in [1.82, 2.24) is 0 Å². The van der Waals surface area contributed by atoms with E-state index >= 15 is 0 Å². The van der Waals surface area contributed by atoms with E-state index in [4.69, 9.17) is 0 Å². The van der Waals surface area contributed by atoms with Crippen molar-refractivity contribution in [3.05, 3.63) is 330 Å². The maximum absolute atomic E-state index is 3.82. The van der Waals surface area contributed by atoms with Crippen LogP contribution in [-0.2, 0) is 21.7 Å². The molecule has 2 nitrogen and oxygen atoms in total. The highest BCUT2D eigenvalue weighted by molar-refractivity contribution is 6.35. The fourth-order valence-electron chi connectivity index (χ4n) is 12.5. The fourth-order valence-corrected chi connectivity index (χ4v) is 12.5. The molecular formula is C80H72N2. The molecule has 0 fully saturated rings. The SMILES string of the molecule is CC(C)(c1ccccc1)c1ccc(Nc2ccc3c4cccc5c(N(c6ccc(C(C)(C)c7ccccc7)cc6)c6ccc(C(C)(C)c7ccccc7)cc6)ccc(c6cccc2c36)c54)cc1.CC(C)(c1ccccc1)c1ccccc1. The lowest BCUT2D eigenvalue weighted by Crippen LogP contribution is -2.19. The predicted molar refractivity (Wildman–Crippen MR) is 353 cm³/mol. The van der Waals surface area contributed by atoms with Gasteiger partial charge >= 0.3 is 0 Å². The number of fused-ring (bicyclic) bond motifs is 2. The molecule has 0 saturated heterocycles. The van der Waals surface area contributed by atoms with E-state index in [1.54, 1.807) is 0 Å². The first kappa shape index (κ1) is 53.4. The fraction of sp³-hybridized carbons (Fsp3) is 0.150. The highest BCUT2D eigenvalue weighted by Crippen LogP contribution is 2.48. The largest absolute Gasteiger partial charge is 0.355 e. The van der Waals surface area contributed by atoms with E-state index < -0.39 is 0 Å². The highest BCUT2D eigenvalue weighted by atomic mass is 15.1. The molecule has 1 N–H and O–H groups in total. The lowest BCUT2D eigenvalue weighted by molar-refractivity contribution is 0.640. The molecule has 0 unspecified atom stereocenters. The number of nitrogens with one attached hydrogen (secondary N) is 1. The van der Waals surface area contributed by atoms with Crippen LogP contribution in [-0.4, -0.2) is 0 Å². The van der Waals surface area contributed by atoms with Gasteiger partial charge in [0.25, 0.3) is 0 Å². The minimum absolute atomic E-state index is 0.0858. The molecule has 13 aromatic rings. The average molecular weight is 1060 g/mol. The lowest BCUT2D eigenvalue weighted by Gasteiger charge is -2.31. The van der Waals surface area contributed by atoms with Crippen molar-refractivity contribution in [2.24, 2.45) is 0 Å². The molecule has 0 aromatic heterocycles. The van der Waals surface area contributed by atoms with Gasteiger partial charge in [0.05, 0.1) is 5.69 Å². The minimum Gasteiger partial charge on any atom is -0.355 e. The molecule has 0 bridgehead atoms. The minimum atomic E-state index is -0.149. The van der Waals surface area contributed by atoms with Gasteiger partial charge < -0.3 is 10.2 Å². The summed E-state index contributed by atoms with van der Waals surface area (Å²) in [6.07, 6.45) is 0. The first-order valence-electron chi connectivity index (χ1n) is 29.0. The van der Waals surface area contributed by atoms with Crippen molar-refractivity contribution in [3.8, 4) is 0 Å². The second-order valence-corrected chi connectivity index (χ2v) is 24.2. The monoisotopic (exact) mass is 1060 g/mol. The zero-order valence-corrected chi connectivity index (χ0v) is 48.6. The van der Waals surface area contributed by atoms with Crippen molar-refractivity contribution >= 4 is 71.5 Å². The molecule has 13 rings (SSSR count). The van der Waals surface area contributed by atoms with Crippen LogP contribution in [0.3, 0.4) is 0 Å². The molecule has 0 radical (unpaired) electrons. The van der Waals surface area contributed by atoms with Crippen molar-refractivity contribution in [3.63, 3.8) is 0 Å². The number of rotatable bonds is 13. The van der Waals surface area contributed by atoms with E-state index in [9.17, 15) is 0 Å². The van der Waals surface area contributed by atoms with Crippen LogP contribution in [0.1, 0.15) is 99.9 Å². The zero-order valence-electron chi connectivity index (χ0n) is 48.6. The van der Waals surface area contributed by atoms with Gasteiger partial charge in [-0.1, -0.05) is 292 Å². The van der Waals surface area contributed by atoms with Crippen LogP contribution in [0.15, 0.2) is 285 Å². The molecule has 0 heterocycles. The Balaban J connectivity index is 0.000000384. The van der Waals surface area contributed by atoms with Crippen LogP contribution < -0.4 is 10.2 Å². The van der Waals surface area contributed by atoms with Crippen molar-refractivity contribution in [2.45, 2.75) is 77.0 Å². The van der Waals surface area contributed by atoms with Gasteiger partial charge in [0.2, 0.25) is 0 Å². The third-order valence-corrected chi connectivity index (χ3v) is 17.9. The summed E-state index contributed by atoms with van der Waals surface area (Å²) < 4.78 is 0. The maximum Gasteiger partial charge on any atom is 0.0540 e. The Morgan fingerprint density at radius 2 is 0.512 bits per heavy atom. The summed E-state index contributed by atoms with van der Waals surface area (Å²) in [5, 5.41) is 13.9. The van der Waals surface area contributed by atoms with Crippen molar-refractivity contribution < 1.29 is 0 Å². The standard InChI is InChI=1S/C65H56N2.C15H16/c1-63(2,44-18-10-7-11-19-44)47-28-34-50(35-29-47)66-59-42-40-55-54-25-17-27-58-60(43-41-56(62(54)58)53-24-16-26-57(59)61(53)55)67(51-36-30-48(31-37-51)64(3,4)45-20-12-8-13-21-45)52-38-32-49(33-39-52)65(5,6)46-22-14-9-15-23-46;1-15(2,13-9-5-3-6-10-13)14-11-7-4-8-12-14/h7-43,66H,1-6H3;3-12H,1-2H3. The predicted octanol–water partition coefficient (Wildman–Crippen LogP) is 21.9. The van der Waals surface area contributed by atoms with E-state index in [0.29, 0.717) is 0 Å². The van der Waals surface area contributed by atoms with Gasteiger partial charge in [0, 0.05) is 55.2 Å². The molecule has 2 heteroatoms. The molecular weight excluding hydrogens is 989 g/mol. The maximum atomic E-state index is 3.82. The quantitative estimate of drug-likeness (QED) is 0.0914. The Hall–Kier alpha value is -9.24. The summed E-state index contributed by atoms with van der Waals surface area (Å²) >= 11 is 0. The third kappa shape index (κ3) is 9.87. The highest BCUT2D eigenvalue weighted by Gasteiger charge is 2.28. The van der Waals surface area contributed by atoms with E-state index in [0.717, 1.165) is 28.4 Å². The molecule has 0 amide bonds. The summed E-state index contributed by atoms with van der Waals surface area (Å²) in [4.78, 5) is 2.46. The van der Waals surface area contributed by atoms with E-state index in [1.807, 2.05) is 0 Å². The number of benzene rings is 13. The molecule has 82 heavy (non-hydrogen) atoms. The summed E-state index contributed by atoms with van der Waals surface area (Å²) in [6, 6.07) is 104. The second-order valence-electron chi connectivity index (χ2n) is 24.2. The van der Waals surface area contributed by atoms with Crippen LogP contribution in [0.5, 0.6) is 0 Å². The molecule has 0 spiro atoms. The number of nitrogens with zero attached hydrogens (tertiary/aromatic N) is 1. The summed E-state index contributed by atoms with van der Waals surface area (Å²) in [5.41, 5.74) is 15.7. The van der Waals surface area contributed by atoms with Crippen molar-refractivity contribution in [2.75, 3.05) is 10.2 Å². The molecule has 0 aliphatic rings. The van der Waals surface area contributed by atoms with Gasteiger partial charge in [-0.05, 0) is 125 Å². The van der Waals surface area contributed by atoms with Crippen LogP contribution in [0.4, 0.5) is 28.4 Å². The molecule has 0 saturated carbocycles. The van der Waals surface area contributed by atoms with Gasteiger partial charge in [-0.3, -0.25) is 0 Å².